The lowest BCUT2D eigenvalue weighted by atomic mass is 10.1. The van der Waals surface area contributed by atoms with Crippen LogP contribution in [-0.4, -0.2) is 67.7 Å². The molecule has 1 aromatic heterocycles. The Morgan fingerprint density at radius 2 is 1.76 bits per heavy atom. The summed E-state index contributed by atoms with van der Waals surface area (Å²) in [6.07, 6.45) is 0. The molecule has 0 saturated carbocycles. The van der Waals surface area contributed by atoms with Crippen molar-refractivity contribution in [2.45, 2.75) is 26.0 Å². The molecule has 33 heavy (non-hydrogen) atoms. The normalized spacial score (nSPS) is 15.0. The van der Waals surface area contributed by atoms with Crippen molar-refractivity contribution in [1.29, 1.82) is 0 Å². The van der Waals surface area contributed by atoms with Gasteiger partial charge in [0.25, 0.3) is 5.91 Å². The van der Waals surface area contributed by atoms with Gasteiger partial charge in [-0.15, -0.1) is 5.10 Å². The molecule has 1 amide bonds. The predicted molar refractivity (Wildman–Crippen MR) is 117 cm³/mol. The van der Waals surface area contributed by atoms with Crippen LogP contribution in [0, 0.1) is 11.6 Å². The summed E-state index contributed by atoms with van der Waals surface area (Å²) >= 11 is 5.91. The lowest BCUT2D eigenvalue weighted by molar-refractivity contribution is -0.147. The summed E-state index contributed by atoms with van der Waals surface area (Å²) in [7, 11) is 0. The number of nitrogens with zero attached hydrogens (tertiary/aromatic N) is 6. The number of carbonyl (C=O) groups excluding carboxylic acids is 1. The molecular formula is C22H23ClF2N6O2. The molecule has 3 aromatic rings. The van der Waals surface area contributed by atoms with Crippen LogP contribution in [0.3, 0.4) is 0 Å². The van der Waals surface area contributed by atoms with Crippen molar-refractivity contribution < 1.29 is 18.3 Å². The molecule has 0 bridgehead atoms. The summed E-state index contributed by atoms with van der Waals surface area (Å²) in [5, 5.41) is 12.2. The number of aromatic nitrogens is 4. The van der Waals surface area contributed by atoms with Gasteiger partial charge in [-0.2, -0.15) is 4.68 Å². The molecule has 8 nitrogen and oxygen atoms in total. The van der Waals surface area contributed by atoms with E-state index in [1.54, 1.807) is 43.0 Å². The number of ether oxygens (including phenoxy) is 1. The number of hydrogen-bond acceptors (Lipinski definition) is 6. The van der Waals surface area contributed by atoms with Gasteiger partial charge >= 0.3 is 0 Å². The van der Waals surface area contributed by atoms with Gasteiger partial charge in [-0.1, -0.05) is 11.6 Å². The molecule has 1 fully saturated rings. The topological polar surface area (TPSA) is 76.4 Å². The van der Waals surface area contributed by atoms with Gasteiger partial charge in [0.1, 0.15) is 5.75 Å². The molecule has 0 aliphatic carbocycles. The fourth-order valence-electron chi connectivity index (χ4n) is 3.65. The fraction of sp³-hybridized carbons (Fsp3) is 0.364. The van der Waals surface area contributed by atoms with E-state index in [1.165, 1.54) is 10.7 Å². The maximum Gasteiger partial charge on any atom is 0.266 e. The van der Waals surface area contributed by atoms with Gasteiger partial charge in [0, 0.05) is 37.3 Å². The lowest BCUT2D eigenvalue weighted by Gasteiger charge is -2.38. The van der Waals surface area contributed by atoms with Crippen molar-refractivity contribution >= 4 is 17.5 Å². The quantitative estimate of drug-likeness (QED) is 0.544. The fourth-order valence-corrected chi connectivity index (χ4v) is 3.78. The molecule has 2 aromatic carbocycles. The molecule has 0 radical (unpaired) electrons. The van der Waals surface area contributed by atoms with Crippen LogP contribution < -0.4 is 4.74 Å². The first kappa shape index (κ1) is 23.1. The zero-order chi connectivity index (χ0) is 23.6. The van der Waals surface area contributed by atoms with Crippen molar-refractivity contribution in [2.24, 2.45) is 0 Å². The Bertz CT molecular complexity index is 1130. The Hall–Kier alpha value is -3.11. The Morgan fingerprint density at radius 3 is 2.42 bits per heavy atom. The van der Waals surface area contributed by atoms with E-state index in [0.29, 0.717) is 55.0 Å². The predicted octanol–water partition coefficient (Wildman–Crippen LogP) is 3.10. The van der Waals surface area contributed by atoms with Crippen molar-refractivity contribution in [2.75, 3.05) is 26.2 Å². The number of benzene rings is 2. The zero-order valence-electron chi connectivity index (χ0n) is 18.2. The summed E-state index contributed by atoms with van der Waals surface area (Å²) in [4.78, 5) is 16.9. The van der Waals surface area contributed by atoms with E-state index in [-0.39, 0.29) is 5.91 Å². The molecule has 1 saturated heterocycles. The number of rotatable bonds is 6. The molecule has 2 heterocycles. The van der Waals surface area contributed by atoms with Crippen LogP contribution in [0.15, 0.2) is 42.5 Å². The number of tetrazole rings is 1. The highest BCUT2D eigenvalue weighted by molar-refractivity contribution is 6.30. The largest absolute Gasteiger partial charge is 0.478 e. The second-order valence-electron chi connectivity index (χ2n) is 8.24. The third-order valence-electron chi connectivity index (χ3n) is 5.41. The van der Waals surface area contributed by atoms with Crippen molar-refractivity contribution in [3.63, 3.8) is 0 Å². The SMILES string of the molecule is CC(C)(Oc1ccc(Cl)cc1)C(=O)N1CCN(Cc2nnnn2-c2ccc(F)c(F)c2)CC1. The zero-order valence-corrected chi connectivity index (χ0v) is 19.0. The van der Waals surface area contributed by atoms with Gasteiger partial charge in [0.05, 0.1) is 12.2 Å². The smallest absolute Gasteiger partial charge is 0.266 e. The molecular weight excluding hydrogens is 454 g/mol. The van der Waals surface area contributed by atoms with Gasteiger partial charge in [-0.25, -0.2) is 8.78 Å². The van der Waals surface area contributed by atoms with Crippen LogP contribution in [0.1, 0.15) is 19.7 Å². The monoisotopic (exact) mass is 476 g/mol. The Kier molecular flexibility index (Phi) is 6.57. The summed E-state index contributed by atoms with van der Waals surface area (Å²) in [6, 6.07) is 10.4. The van der Waals surface area contributed by atoms with E-state index >= 15 is 0 Å². The summed E-state index contributed by atoms with van der Waals surface area (Å²) in [5.41, 5.74) is -0.698. The number of carbonyl (C=O) groups is 1. The molecule has 1 aliphatic rings. The molecule has 11 heteroatoms. The molecule has 174 valence electrons. The van der Waals surface area contributed by atoms with Crippen LogP contribution in [0.2, 0.25) is 5.02 Å². The van der Waals surface area contributed by atoms with E-state index in [1.807, 2.05) is 0 Å². The third kappa shape index (κ3) is 5.28. The van der Waals surface area contributed by atoms with E-state index in [0.717, 1.165) is 12.1 Å². The summed E-state index contributed by atoms with van der Waals surface area (Å²) in [5.74, 6) is -0.946. The van der Waals surface area contributed by atoms with Crippen molar-refractivity contribution in [1.82, 2.24) is 30.0 Å². The van der Waals surface area contributed by atoms with Crippen LogP contribution in [0.4, 0.5) is 8.78 Å². The van der Waals surface area contributed by atoms with Gasteiger partial charge in [0.2, 0.25) is 0 Å². The van der Waals surface area contributed by atoms with E-state index in [9.17, 15) is 13.6 Å². The van der Waals surface area contributed by atoms with Crippen LogP contribution >= 0.6 is 11.6 Å². The second kappa shape index (κ2) is 9.40. The minimum atomic E-state index is -1.03. The Morgan fingerprint density at radius 1 is 1.06 bits per heavy atom. The van der Waals surface area contributed by atoms with E-state index in [4.69, 9.17) is 16.3 Å². The highest BCUT2D eigenvalue weighted by Gasteiger charge is 2.36. The van der Waals surface area contributed by atoms with Crippen LogP contribution in [0.5, 0.6) is 5.75 Å². The lowest BCUT2D eigenvalue weighted by Crippen LogP contribution is -2.55. The molecule has 1 aliphatic heterocycles. The maximum atomic E-state index is 13.6. The van der Waals surface area contributed by atoms with E-state index in [2.05, 4.69) is 20.4 Å². The second-order valence-corrected chi connectivity index (χ2v) is 8.68. The molecule has 0 atom stereocenters. The average Bonchev–Trinajstić information content (AvgIpc) is 3.25. The summed E-state index contributed by atoms with van der Waals surface area (Å²) < 4.78 is 34.2. The number of amides is 1. The third-order valence-corrected chi connectivity index (χ3v) is 5.66. The Labute approximate surface area is 194 Å². The highest BCUT2D eigenvalue weighted by atomic mass is 35.5. The van der Waals surface area contributed by atoms with Gasteiger partial charge in [-0.3, -0.25) is 9.69 Å². The Balaban J connectivity index is 1.35. The maximum absolute atomic E-state index is 13.6. The first-order valence-corrected chi connectivity index (χ1v) is 10.8. The van der Waals surface area contributed by atoms with E-state index < -0.39 is 17.2 Å². The number of hydrogen-bond donors (Lipinski definition) is 0. The van der Waals surface area contributed by atoms with Crippen LogP contribution in [-0.2, 0) is 11.3 Å². The van der Waals surface area contributed by atoms with Crippen LogP contribution in [0.25, 0.3) is 5.69 Å². The minimum absolute atomic E-state index is 0.108. The van der Waals surface area contributed by atoms with Crippen molar-refractivity contribution in [3.8, 4) is 11.4 Å². The summed E-state index contributed by atoms with van der Waals surface area (Å²) in [6.45, 7) is 6.12. The molecule has 0 unspecified atom stereocenters. The number of halogens is 3. The highest BCUT2D eigenvalue weighted by Crippen LogP contribution is 2.23. The minimum Gasteiger partial charge on any atom is -0.478 e. The van der Waals surface area contributed by atoms with Gasteiger partial charge in [0.15, 0.2) is 23.1 Å². The molecule has 4 rings (SSSR count). The number of piperazine rings is 1. The average molecular weight is 477 g/mol. The molecule has 0 N–H and O–H groups in total. The van der Waals surface area contributed by atoms with Crippen molar-refractivity contribution in [3.05, 3.63) is 64.9 Å². The molecule has 0 spiro atoms. The first-order chi connectivity index (χ1) is 15.7. The standard InChI is InChI=1S/C22H23ClF2N6O2/c1-22(2,33-17-6-3-15(23)4-7-17)21(32)30-11-9-29(10-12-30)14-20-26-27-28-31(20)16-5-8-18(24)19(25)13-16/h3-8,13H,9-12,14H2,1-2H3. The van der Waals surface area contributed by atoms with Gasteiger partial charge < -0.3 is 9.64 Å². The first-order valence-electron chi connectivity index (χ1n) is 10.4. The van der Waals surface area contributed by atoms with Gasteiger partial charge in [-0.05, 0) is 60.7 Å².